The predicted molar refractivity (Wildman–Crippen MR) is 83.2 cm³/mol. The van der Waals surface area contributed by atoms with Crippen molar-refractivity contribution in [3.05, 3.63) is 36.3 Å². The van der Waals surface area contributed by atoms with Gasteiger partial charge in [-0.1, -0.05) is 12.2 Å². The van der Waals surface area contributed by atoms with Crippen LogP contribution in [0.25, 0.3) is 0 Å². The van der Waals surface area contributed by atoms with Crippen molar-refractivity contribution in [2.75, 3.05) is 19.6 Å². The fourth-order valence-corrected chi connectivity index (χ4v) is 6.04. The Labute approximate surface area is 131 Å². The van der Waals surface area contributed by atoms with Gasteiger partial charge in [0.25, 0.3) is 10.2 Å². The van der Waals surface area contributed by atoms with Crippen molar-refractivity contribution >= 4 is 10.2 Å². The first-order valence-corrected chi connectivity index (χ1v) is 9.51. The Balaban J connectivity index is 1.56. The van der Waals surface area contributed by atoms with E-state index in [1.54, 1.807) is 14.9 Å². The first-order valence-electron chi connectivity index (χ1n) is 8.11. The van der Waals surface area contributed by atoms with Crippen LogP contribution in [0.5, 0.6) is 0 Å². The zero-order valence-electron chi connectivity index (χ0n) is 12.6. The molecule has 1 aromatic rings. The molecule has 4 rings (SSSR count). The third-order valence-electron chi connectivity index (χ3n) is 5.29. The molecule has 3 atom stereocenters. The summed E-state index contributed by atoms with van der Waals surface area (Å²) in [5.41, 5.74) is 0. The second-order valence-corrected chi connectivity index (χ2v) is 8.45. The molecule has 0 N–H and O–H groups in total. The molecule has 0 saturated carbocycles. The van der Waals surface area contributed by atoms with E-state index in [1.165, 1.54) is 0 Å². The molecule has 6 heteroatoms. The van der Waals surface area contributed by atoms with Crippen LogP contribution in [-0.2, 0) is 10.2 Å². The minimum Gasteiger partial charge on any atom is -0.468 e. The van der Waals surface area contributed by atoms with Crippen LogP contribution in [0.15, 0.2) is 35.0 Å². The number of hydrogen-bond donors (Lipinski definition) is 0. The molecule has 2 aliphatic heterocycles. The van der Waals surface area contributed by atoms with E-state index in [0.717, 1.165) is 31.4 Å². The molecule has 22 heavy (non-hydrogen) atoms. The maximum Gasteiger partial charge on any atom is 0.282 e. The molecule has 0 spiro atoms. The Bertz CT molecular complexity index is 637. The number of rotatable bonds is 3. The zero-order valence-corrected chi connectivity index (χ0v) is 13.4. The molecule has 2 saturated heterocycles. The van der Waals surface area contributed by atoms with Crippen LogP contribution >= 0.6 is 0 Å². The maximum absolute atomic E-state index is 13.1. The van der Waals surface area contributed by atoms with Gasteiger partial charge in [0.05, 0.1) is 12.3 Å². The Morgan fingerprint density at radius 2 is 1.86 bits per heavy atom. The van der Waals surface area contributed by atoms with E-state index in [-0.39, 0.29) is 6.04 Å². The summed E-state index contributed by atoms with van der Waals surface area (Å²) in [7, 11) is -3.39. The number of allylic oxidation sites excluding steroid dienone is 2. The fraction of sp³-hybridized carbons (Fsp3) is 0.625. The lowest BCUT2D eigenvalue weighted by molar-refractivity contribution is 0.310. The summed E-state index contributed by atoms with van der Waals surface area (Å²) in [6.45, 7) is 1.93. The Hall–Kier alpha value is -1.11. The van der Waals surface area contributed by atoms with E-state index in [1.807, 2.05) is 12.1 Å². The molecule has 1 aromatic heterocycles. The highest BCUT2D eigenvalue weighted by Gasteiger charge is 2.45. The molecule has 1 aliphatic carbocycles. The average molecular weight is 322 g/mol. The van der Waals surface area contributed by atoms with Gasteiger partial charge < -0.3 is 4.42 Å². The average Bonchev–Trinajstić information content (AvgIpc) is 3.25. The van der Waals surface area contributed by atoms with Crippen molar-refractivity contribution in [3.8, 4) is 0 Å². The van der Waals surface area contributed by atoms with Crippen molar-refractivity contribution in [1.82, 2.24) is 8.61 Å². The standard InChI is InChI=1S/C16H22N2O3S/c19-22(20,17-11-13-5-1-2-6-14(13)12-17)18-9-3-7-15(18)16-8-4-10-21-16/h1-2,4,8,10,13-15H,3,5-7,9,11-12H2/t13-,14+,15-/m1/s1. The van der Waals surface area contributed by atoms with Gasteiger partial charge in [-0.3, -0.25) is 0 Å². The van der Waals surface area contributed by atoms with Gasteiger partial charge in [-0.25, -0.2) is 0 Å². The summed E-state index contributed by atoms with van der Waals surface area (Å²) in [5, 5.41) is 0. The minimum atomic E-state index is -3.39. The summed E-state index contributed by atoms with van der Waals surface area (Å²) < 4.78 is 35.0. The van der Waals surface area contributed by atoms with Gasteiger partial charge in [0.1, 0.15) is 5.76 Å². The molecular formula is C16H22N2O3S. The molecule has 120 valence electrons. The van der Waals surface area contributed by atoms with Crippen molar-refractivity contribution in [2.45, 2.75) is 31.7 Å². The van der Waals surface area contributed by atoms with Gasteiger partial charge in [-0.05, 0) is 49.7 Å². The zero-order chi connectivity index (χ0) is 15.2. The van der Waals surface area contributed by atoms with E-state index in [9.17, 15) is 8.42 Å². The van der Waals surface area contributed by atoms with E-state index >= 15 is 0 Å². The number of hydrogen-bond acceptors (Lipinski definition) is 3. The number of nitrogens with zero attached hydrogens (tertiary/aromatic N) is 2. The van der Waals surface area contributed by atoms with E-state index in [4.69, 9.17) is 4.42 Å². The predicted octanol–water partition coefficient (Wildman–Crippen LogP) is 2.56. The number of fused-ring (bicyclic) bond motifs is 1. The van der Waals surface area contributed by atoms with Gasteiger partial charge in [0.2, 0.25) is 0 Å². The van der Waals surface area contributed by atoms with Crippen LogP contribution in [0, 0.1) is 11.8 Å². The van der Waals surface area contributed by atoms with Crippen molar-refractivity contribution in [1.29, 1.82) is 0 Å². The summed E-state index contributed by atoms with van der Waals surface area (Å²) in [4.78, 5) is 0. The molecule has 3 heterocycles. The second kappa shape index (κ2) is 5.51. The lowest BCUT2D eigenvalue weighted by atomic mass is 9.86. The third-order valence-corrected chi connectivity index (χ3v) is 7.27. The van der Waals surface area contributed by atoms with E-state index in [0.29, 0.717) is 31.5 Å². The number of furan rings is 1. The van der Waals surface area contributed by atoms with Gasteiger partial charge in [0, 0.05) is 19.6 Å². The minimum absolute atomic E-state index is 0.138. The normalized spacial score (nSPS) is 33.4. The molecule has 5 nitrogen and oxygen atoms in total. The topological polar surface area (TPSA) is 53.8 Å². The van der Waals surface area contributed by atoms with Gasteiger partial charge in [-0.15, -0.1) is 0 Å². The molecule has 2 fully saturated rings. The monoisotopic (exact) mass is 322 g/mol. The van der Waals surface area contributed by atoms with Crippen LogP contribution in [0.2, 0.25) is 0 Å². The molecule has 0 unspecified atom stereocenters. The summed E-state index contributed by atoms with van der Waals surface area (Å²) in [6.07, 6.45) is 9.77. The van der Waals surface area contributed by atoms with E-state index in [2.05, 4.69) is 12.2 Å². The van der Waals surface area contributed by atoms with Crippen molar-refractivity contribution in [3.63, 3.8) is 0 Å². The molecule has 0 amide bonds. The summed E-state index contributed by atoms with van der Waals surface area (Å²) in [5.74, 6) is 1.74. The Kier molecular flexibility index (Phi) is 3.63. The van der Waals surface area contributed by atoms with Gasteiger partial charge >= 0.3 is 0 Å². The van der Waals surface area contributed by atoms with Crippen molar-refractivity contribution in [2.24, 2.45) is 11.8 Å². The SMILES string of the molecule is O=S(=O)(N1C[C@H]2CC=CC[C@H]2C1)N1CCC[C@@H]1c1ccco1. The maximum atomic E-state index is 13.1. The second-order valence-electron chi connectivity index (χ2n) is 6.57. The van der Waals surface area contributed by atoms with Crippen LogP contribution in [-0.4, -0.2) is 36.7 Å². The highest BCUT2D eigenvalue weighted by molar-refractivity contribution is 7.86. The van der Waals surface area contributed by atoms with E-state index < -0.39 is 10.2 Å². The molecule has 0 aromatic carbocycles. The Morgan fingerprint density at radius 1 is 1.14 bits per heavy atom. The summed E-state index contributed by atoms with van der Waals surface area (Å²) in [6, 6.07) is 3.57. The molecule has 0 bridgehead atoms. The third kappa shape index (κ3) is 2.33. The first kappa shape index (κ1) is 14.5. The van der Waals surface area contributed by atoms with Crippen LogP contribution < -0.4 is 0 Å². The van der Waals surface area contributed by atoms with Gasteiger partial charge in [-0.2, -0.15) is 17.0 Å². The summed E-state index contributed by atoms with van der Waals surface area (Å²) >= 11 is 0. The molecule has 3 aliphatic rings. The van der Waals surface area contributed by atoms with Gasteiger partial charge in [0.15, 0.2) is 0 Å². The molecule has 0 radical (unpaired) electrons. The largest absolute Gasteiger partial charge is 0.468 e. The first-order chi connectivity index (χ1) is 10.7. The smallest absolute Gasteiger partial charge is 0.282 e. The van der Waals surface area contributed by atoms with Crippen molar-refractivity contribution < 1.29 is 12.8 Å². The lowest BCUT2D eigenvalue weighted by Crippen LogP contribution is -2.42. The Morgan fingerprint density at radius 3 is 2.50 bits per heavy atom. The molecular weight excluding hydrogens is 300 g/mol. The highest BCUT2D eigenvalue weighted by Crippen LogP contribution is 2.39. The lowest BCUT2D eigenvalue weighted by Gasteiger charge is -2.27. The van der Waals surface area contributed by atoms with Crippen LogP contribution in [0.1, 0.15) is 37.5 Å². The van der Waals surface area contributed by atoms with Crippen LogP contribution in [0.4, 0.5) is 0 Å². The quantitative estimate of drug-likeness (QED) is 0.804. The van der Waals surface area contributed by atoms with Crippen LogP contribution in [0.3, 0.4) is 0 Å². The highest BCUT2D eigenvalue weighted by atomic mass is 32.2. The fourth-order valence-electron chi connectivity index (χ4n) is 4.09.